The summed E-state index contributed by atoms with van der Waals surface area (Å²) in [5.74, 6) is 0.832. The molecule has 3 aromatic carbocycles. The number of hydrogen-bond donors (Lipinski definition) is 2. The molecule has 1 aromatic heterocycles. The van der Waals surface area contributed by atoms with Crippen LogP contribution in [0.4, 0.5) is 5.69 Å². The smallest absolute Gasteiger partial charge is 0.128 e. The van der Waals surface area contributed by atoms with E-state index in [1.807, 2.05) is 6.07 Å². The first kappa shape index (κ1) is 23.1. The van der Waals surface area contributed by atoms with Gasteiger partial charge in [0, 0.05) is 48.5 Å². The summed E-state index contributed by atoms with van der Waals surface area (Å²) in [4.78, 5) is 8.47. The van der Waals surface area contributed by atoms with Gasteiger partial charge >= 0.3 is 0 Å². The first-order chi connectivity index (χ1) is 17.5. The van der Waals surface area contributed by atoms with Crippen LogP contribution in [0.2, 0.25) is 0 Å². The highest BCUT2D eigenvalue weighted by Crippen LogP contribution is 2.32. The topological polar surface area (TPSA) is 51.7 Å². The van der Waals surface area contributed by atoms with Crippen molar-refractivity contribution < 1.29 is 9.84 Å². The number of hydrogen-bond acceptors (Lipinski definition) is 4. The molecule has 2 bridgehead atoms. The first-order valence-corrected chi connectivity index (χ1v) is 13.1. The van der Waals surface area contributed by atoms with Crippen molar-refractivity contribution in [3.63, 3.8) is 0 Å². The summed E-state index contributed by atoms with van der Waals surface area (Å²) in [7, 11) is 0. The number of aromatic nitrogens is 1. The molecule has 3 atom stereocenters. The van der Waals surface area contributed by atoms with E-state index >= 15 is 0 Å². The zero-order valence-corrected chi connectivity index (χ0v) is 21.2. The summed E-state index contributed by atoms with van der Waals surface area (Å²) in [5, 5.41) is 14.6. The normalized spacial score (nSPS) is 22.0. The van der Waals surface area contributed by atoms with Gasteiger partial charge in [-0.1, -0.05) is 48.6 Å². The van der Waals surface area contributed by atoms with Crippen molar-refractivity contribution in [2.24, 2.45) is 0 Å². The van der Waals surface area contributed by atoms with Crippen LogP contribution >= 0.6 is 0 Å². The number of H-pyrrole nitrogens is 1. The van der Waals surface area contributed by atoms with Crippen molar-refractivity contribution >= 4 is 27.4 Å². The molecule has 1 saturated heterocycles. The van der Waals surface area contributed by atoms with Crippen LogP contribution in [0.5, 0.6) is 5.75 Å². The molecule has 4 heterocycles. The Hall–Kier alpha value is -3.28. The number of aliphatic hydroxyl groups is 1. The van der Waals surface area contributed by atoms with Gasteiger partial charge in [-0.05, 0) is 67.3 Å². The summed E-state index contributed by atoms with van der Waals surface area (Å²) >= 11 is 0. The summed E-state index contributed by atoms with van der Waals surface area (Å²) in [6, 6.07) is 22.4. The van der Waals surface area contributed by atoms with Crippen LogP contribution in [0.25, 0.3) is 21.7 Å². The summed E-state index contributed by atoms with van der Waals surface area (Å²) in [5.41, 5.74) is 4.73. The number of nitrogens with zero attached hydrogens (tertiary/aromatic N) is 2. The van der Waals surface area contributed by atoms with Crippen molar-refractivity contribution in [1.82, 2.24) is 9.88 Å². The molecule has 7 rings (SSSR count). The van der Waals surface area contributed by atoms with E-state index in [1.54, 1.807) is 0 Å². The minimum atomic E-state index is -0.542. The largest absolute Gasteiger partial charge is 0.490 e. The number of anilines is 1. The number of ether oxygens (including phenoxy) is 1. The van der Waals surface area contributed by atoms with E-state index in [-0.39, 0.29) is 0 Å². The van der Waals surface area contributed by atoms with Crippen LogP contribution in [0.15, 0.2) is 72.8 Å². The predicted octanol–water partition coefficient (Wildman–Crippen LogP) is 5.59. The third kappa shape index (κ3) is 4.49. The molecule has 3 aliphatic heterocycles. The van der Waals surface area contributed by atoms with Crippen molar-refractivity contribution in [2.75, 3.05) is 31.1 Å². The van der Waals surface area contributed by atoms with Gasteiger partial charge in [-0.25, -0.2) is 0 Å². The van der Waals surface area contributed by atoms with Crippen LogP contribution in [-0.2, 0) is 0 Å². The molecule has 186 valence electrons. The molecule has 0 saturated carbocycles. The Morgan fingerprint density at radius 1 is 0.944 bits per heavy atom. The number of benzene rings is 3. The fourth-order valence-electron chi connectivity index (χ4n) is 5.94. The molecule has 0 radical (unpaired) electrons. The lowest BCUT2D eigenvalue weighted by atomic mass is 9.96. The minimum Gasteiger partial charge on any atom is -0.490 e. The van der Waals surface area contributed by atoms with Crippen molar-refractivity contribution in [3.05, 3.63) is 84.1 Å². The SMILES string of the molecule is Cc1cc2c(OC[C@@H](O)CN3C[C@@H]4C/C=C\C[C@H]3CN4c3ccc4ccccc4c3)ccc(C)c2[nH]1. The Morgan fingerprint density at radius 2 is 1.75 bits per heavy atom. The molecule has 3 aliphatic rings. The van der Waals surface area contributed by atoms with Gasteiger partial charge in [-0.15, -0.1) is 0 Å². The van der Waals surface area contributed by atoms with E-state index in [9.17, 15) is 5.11 Å². The zero-order valence-electron chi connectivity index (χ0n) is 21.2. The minimum absolute atomic E-state index is 0.292. The lowest BCUT2D eigenvalue weighted by molar-refractivity contribution is 0.0409. The van der Waals surface area contributed by atoms with Gasteiger partial charge in [0.15, 0.2) is 0 Å². The molecule has 5 heteroatoms. The highest BCUT2D eigenvalue weighted by atomic mass is 16.5. The van der Waals surface area contributed by atoms with Gasteiger partial charge in [-0.2, -0.15) is 0 Å². The van der Waals surface area contributed by atoms with Crippen molar-refractivity contribution in [2.45, 2.75) is 44.9 Å². The van der Waals surface area contributed by atoms with Gasteiger partial charge in [0.1, 0.15) is 18.5 Å². The fraction of sp³-hybridized carbons (Fsp3) is 0.355. The maximum atomic E-state index is 11.0. The second-order valence-corrected chi connectivity index (χ2v) is 10.5. The van der Waals surface area contributed by atoms with E-state index in [0.29, 0.717) is 25.2 Å². The Balaban J connectivity index is 1.14. The van der Waals surface area contributed by atoms with Gasteiger partial charge in [-0.3, -0.25) is 4.90 Å². The number of piperazine rings is 1. The van der Waals surface area contributed by atoms with Crippen LogP contribution in [-0.4, -0.2) is 59.4 Å². The van der Waals surface area contributed by atoms with E-state index in [2.05, 4.69) is 95.4 Å². The first-order valence-electron chi connectivity index (χ1n) is 13.1. The third-order valence-electron chi connectivity index (χ3n) is 7.83. The monoisotopic (exact) mass is 481 g/mol. The van der Waals surface area contributed by atoms with Crippen LogP contribution in [0.3, 0.4) is 0 Å². The number of aryl methyl sites for hydroxylation is 2. The highest BCUT2D eigenvalue weighted by molar-refractivity contribution is 5.89. The lowest BCUT2D eigenvalue weighted by Gasteiger charge is -2.48. The van der Waals surface area contributed by atoms with E-state index in [0.717, 1.165) is 48.3 Å². The van der Waals surface area contributed by atoms with Gasteiger partial charge in [0.2, 0.25) is 0 Å². The predicted molar refractivity (Wildman–Crippen MR) is 148 cm³/mol. The Labute approximate surface area is 213 Å². The molecule has 2 N–H and O–H groups in total. The number of rotatable bonds is 6. The number of nitrogens with one attached hydrogen (secondary N) is 1. The van der Waals surface area contributed by atoms with Crippen molar-refractivity contribution in [3.8, 4) is 5.75 Å². The van der Waals surface area contributed by atoms with Crippen LogP contribution in [0, 0.1) is 13.8 Å². The lowest BCUT2D eigenvalue weighted by Crippen LogP contribution is -2.60. The molecular formula is C31H35N3O2. The van der Waals surface area contributed by atoms with E-state index < -0.39 is 6.10 Å². The quantitative estimate of drug-likeness (QED) is 0.353. The second-order valence-electron chi connectivity index (χ2n) is 10.5. The van der Waals surface area contributed by atoms with Crippen molar-refractivity contribution in [1.29, 1.82) is 0 Å². The van der Waals surface area contributed by atoms with Crippen LogP contribution < -0.4 is 9.64 Å². The summed E-state index contributed by atoms with van der Waals surface area (Å²) in [6.45, 7) is 7.00. The van der Waals surface area contributed by atoms with E-state index in [1.165, 1.54) is 22.0 Å². The summed E-state index contributed by atoms with van der Waals surface area (Å²) < 4.78 is 6.14. The number of aliphatic hydroxyl groups excluding tert-OH is 1. The Morgan fingerprint density at radius 3 is 2.61 bits per heavy atom. The molecule has 0 aliphatic carbocycles. The molecule has 5 nitrogen and oxygen atoms in total. The fourth-order valence-corrected chi connectivity index (χ4v) is 5.94. The van der Waals surface area contributed by atoms with Gasteiger partial charge in [0.05, 0.1) is 5.52 Å². The maximum Gasteiger partial charge on any atom is 0.128 e. The van der Waals surface area contributed by atoms with Gasteiger partial charge in [0.25, 0.3) is 0 Å². The molecule has 0 amide bonds. The zero-order chi connectivity index (χ0) is 24.6. The molecule has 0 unspecified atom stereocenters. The molecule has 1 fully saturated rings. The average Bonchev–Trinajstić information content (AvgIpc) is 3.27. The van der Waals surface area contributed by atoms with E-state index in [4.69, 9.17) is 4.74 Å². The highest BCUT2D eigenvalue weighted by Gasteiger charge is 2.35. The Kier molecular flexibility index (Phi) is 6.20. The van der Waals surface area contributed by atoms with Crippen LogP contribution in [0.1, 0.15) is 24.1 Å². The van der Waals surface area contributed by atoms with Gasteiger partial charge < -0.3 is 19.7 Å². The molecule has 36 heavy (non-hydrogen) atoms. The average molecular weight is 482 g/mol. The number of aromatic amines is 1. The maximum absolute atomic E-state index is 11.0. The Bertz CT molecular complexity index is 1410. The second kappa shape index (κ2) is 9.64. The number of fused-ring (bicyclic) bond motifs is 6. The standard InChI is InChI=1S/C31H35N3O2/c1-21-11-14-30(29-15-22(2)32-31(21)29)36-20-28(35)19-33-17-27-10-6-5-9-26(33)18-34(27)25-13-12-23-7-3-4-8-24(23)16-25/h3-8,11-16,26-28,32,35H,9-10,17-20H2,1-2H3/b6-5-/t26-,27-,28-/m0/s1. The molecular weight excluding hydrogens is 446 g/mol. The molecule has 4 aromatic rings. The third-order valence-corrected chi connectivity index (χ3v) is 7.83. The summed E-state index contributed by atoms with van der Waals surface area (Å²) in [6.07, 6.45) is 6.15. The molecule has 0 spiro atoms.